The molecular weight excluding hydrogens is 598 g/mol. The zero-order chi connectivity index (χ0) is 35.2. The highest BCUT2D eigenvalue weighted by Gasteiger charge is 2.14. The molecule has 0 fully saturated rings. The molecule has 6 nitrogen and oxygen atoms in total. The van der Waals surface area contributed by atoms with E-state index in [0.717, 1.165) is 77.4 Å². The molecule has 6 heteroatoms. The number of hydrogen-bond acceptors (Lipinski definition) is 6. The van der Waals surface area contributed by atoms with Crippen LogP contribution in [0, 0.1) is 0 Å². The Kier molecular flexibility index (Phi) is 37.7. The molecule has 48 heavy (non-hydrogen) atoms. The second-order valence-electron chi connectivity index (χ2n) is 14.5. The number of ether oxygens (including phenoxy) is 2. The van der Waals surface area contributed by atoms with E-state index in [9.17, 15) is 14.7 Å². The van der Waals surface area contributed by atoms with E-state index < -0.39 is 0 Å². The SMILES string of the molecule is CCCCCCCCCOC(=O)CCCCCCCN(CCO)CCCCCCCCCC(=O)OC(CCCCCC)CCCCCC. The van der Waals surface area contributed by atoms with E-state index in [4.69, 9.17) is 9.47 Å². The predicted octanol–water partition coefficient (Wildman–Crippen LogP) is 11.9. The van der Waals surface area contributed by atoms with Crippen LogP contribution in [-0.4, -0.2) is 60.9 Å². The molecule has 0 saturated heterocycles. The Morgan fingerprint density at radius 1 is 0.479 bits per heavy atom. The van der Waals surface area contributed by atoms with Crippen molar-refractivity contribution >= 4 is 11.9 Å². The van der Waals surface area contributed by atoms with E-state index in [1.807, 2.05) is 0 Å². The minimum absolute atomic E-state index is 0.0176. The van der Waals surface area contributed by atoms with Crippen molar-refractivity contribution in [3.8, 4) is 0 Å². The zero-order valence-corrected chi connectivity index (χ0v) is 32.6. The summed E-state index contributed by atoms with van der Waals surface area (Å²) in [5, 5.41) is 9.50. The summed E-state index contributed by atoms with van der Waals surface area (Å²) in [6.07, 6.45) is 35.6. The summed E-state index contributed by atoms with van der Waals surface area (Å²) >= 11 is 0. The van der Waals surface area contributed by atoms with E-state index in [1.165, 1.54) is 128 Å². The maximum absolute atomic E-state index is 12.5. The lowest BCUT2D eigenvalue weighted by atomic mass is 10.0. The van der Waals surface area contributed by atoms with Crippen LogP contribution < -0.4 is 0 Å². The van der Waals surface area contributed by atoms with Gasteiger partial charge in [-0.1, -0.05) is 149 Å². The predicted molar refractivity (Wildman–Crippen MR) is 205 cm³/mol. The van der Waals surface area contributed by atoms with Gasteiger partial charge in [-0.15, -0.1) is 0 Å². The van der Waals surface area contributed by atoms with Crippen molar-refractivity contribution in [1.82, 2.24) is 4.90 Å². The van der Waals surface area contributed by atoms with E-state index in [-0.39, 0.29) is 24.6 Å². The monoisotopic (exact) mass is 682 g/mol. The van der Waals surface area contributed by atoms with Crippen molar-refractivity contribution in [1.29, 1.82) is 0 Å². The van der Waals surface area contributed by atoms with Gasteiger partial charge in [-0.25, -0.2) is 0 Å². The summed E-state index contributed by atoms with van der Waals surface area (Å²) in [7, 11) is 0. The molecule has 0 heterocycles. The minimum Gasteiger partial charge on any atom is -0.466 e. The molecule has 0 radical (unpaired) electrons. The molecule has 286 valence electrons. The molecule has 0 aromatic rings. The normalized spacial score (nSPS) is 11.5. The third-order valence-corrected chi connectivity index (χ3v) is 9.70. The molecule has 0 aromatic heterocycles. The van der Waals surface area contributed by atoms with Crippen LogP contribution in [0.4, 0.5) is 0 Å². The van der Waals surface area contributed by atoms with Crippen LogP contribution in [0.3, 0.4) is 0 Å². The Balaban J connectivity index is 3.77. The Hall–Kier alpha value is -1.14. The maximum atomic E-state index is 12.5. The lowest BCUT2D eigenvalue weighted by molar-refractivity contribution is -0.150. The van der Waals surface area contributed by atoms with Crippen molar-refractivity contribution in [3.05, 3.63) is 0 Å². The first-order valence-electron chi connectivity index (χ1n) is 21.3. The molecule has 0 atom stereocenters. The summed E-state index contributed by atoms with van der Waals surface area (Å²) in [6, 6.07) is 0. The second kappa shape index (κ2) is 38.7. The highest BCUT2D eigenvalue weighted by molar-refractivity contribution is 5.69. The van der Waals surface area contributed by atoms with Crippen LogP contribution in [0.25, 0.3) is 0 Å². The molecule has 0 aliphatic carbocycles. The van der Waals surface area contributed by atoms with Crippen molar-refractivity contribution in [2.75, 3.05) is 32.8 Å². The fourth-order valence-corrected chi connectivity index (χ4v) is 6.52. The number of rotatable bonds is 39. The summed E-state index contributed by atoms with van der Waals surface area (Å²) < 4.78 is 11.3. The number of aliphatic hydroxyl groups excluding tert-OH is 1. The summed E-state index contributed by atoms with van der Waals surface area (Å²) in [5.41, 5.74) is 0. The lowest BCUT2D eigenvalue weighted by Crippen LogP contribution is -2.29. The van der Waals surface area contributed by atoms with Gasteiger partial charge >= 0.3 is 11.9 Å². The van der Waals surface area contributed by atoms with Gasteiger partial charge in [0.2, 0.25) is 0 Å². The topological polar surface area (TPSA) is 76.1 Å². The van der Waals surface area contributed by atoms with Gasteiger partial charge < -0.3 is 19.5 Å². The van der Waals surface area contributed by atoms with Gasteiger partial charge in [0.15, 0.2) is 0 Å². The van der Waals surface area contributed by atoms with E-state index in [0.29, 0.717) is 19.4 Å². The molecule has 0 unspecified atom stereocenters. The van der Waals surface area contributed by atoms with Gasteiger partial charge in [-0.3, -0.25) is 9.59 Å². The molecule has 0 saturated carbocycles. The fourth-order valence-electron chi connectivity index (χ4n) is 6.52. The molecule has 0 amide bonds. The van der Waals surface area contributed by atoms with Crippen LogP contribution in [0.15, 0.2) is 0 Å². The number of esters is 2. The molecule has 0 aliphatic heterocycles. The average molecular weight is 682 g/mol. The van der Waals surface area contributed by atoms with Crippen LogP contribution in [-0.2, 0) is 19.1 Å². The molecule has 0 aromatic carbocycles. The minimum atomic E-state index is -0.0277. The van der Waals surface area contributed by atoms with Gasteiger partial charge in [0.1, 0.15) is 6.10 Å². The number of unbranched alkanes of at least 4 members (excludes halogenated alkanes) is 22. The number of aliphatic hydroxyl groups is 1. The standard InChI is InChI=1S/C42H83NO5/c1-4-7-10-13-17-23-30-39-47-41(45)33-26-20-18-22-29-36-43(37-38-44)35-28-21-16-14-15-19-27-34-42(46)48-40(31-24-11-8-5-2)32-25-12-9-6-3/h40,44H,4-39H2,1-3H3. The quantitative estimate of drug-likeness (QED) is 0.0514. The smallest absolute Gasteiger partial charge is 0.306 e. The van der Waals surface area contributed by atoms with E-state index in [2.05, 4.69) is 25.7 Å². The van der Waals surface area contributed by atoms with Crippen LogP contribution in [0.2, 0.25) is 0 Å². The Labute approximate surface area is 299 Å². The van der Waals surface area contributed by atoms with Gasteiger partial charge in [-0.05, 0) is 70.9 Å². The van der Waals surface area contributed by atoms with Crippen LogP contribution in [0.1, 0.15) is 220 Å². The van der Waals surface area contributed by atoms with E-state index in [1.54, 1.807) is 0 Å². The van der Waals surface area contributed by atoms with Gasteiger partial charge in [0.25, 0.3) is 0 Å². The molecule has 0 spiro atoms. The van der Waals surface area contributed by atoms with Gasteiger partial charge in [0, 0.05) is 19.4 Å². The number of hydrogen-bond donors (Lipinski definition) is 1. The van der Waals surface area contributed by atoms with Crippen LogP contribution >= 0.6 is 0 Å². The maximum Gasteiger partial charge on any atom is 0.306 e. The molecule has 1 N–H and O–H groups in total. The van der Waals surface area contributed by atoms with Gasteiger partial charge in [0.05, 0.1) is 13.2 Å². The van der Waals surface area contributed by atoms with Crippen molar-refractivity contribution in [2.45, 2.75) is 226 Å². The molecule has 0 bridgehead atoms. The third-order valence-electron chi connectivity index (χ3n) is 9.70. The summed E-state index contributed by atoms with van der Waals surface area (Å²) in [6.45, 7) is 10.4. The highest BCUT2D eigenvalue weighted by atomic mass is 16.5. The average Bonchev–Trinajstić information content (AvgIpc) is 3.08. The second-order valence-corrected chi connectivity index (χ2v) is 14.5. The number of nitrogens with zero attached hydrogens (tertiary/aromatic N) is 1. The number of carbonyl (C=O) groups excluding carboxylic acids is 2. The van der Waals surface area contributed by atoms with Gasteiger partial charge in [-0.2, -0.15) is 0 Å². The summed E-state index contributed by atoms with van der Waals surface area (Å²) in [5.74, 6) is -0.0101. The molecule has 0 aliphatic rings. The zero-order valence-electron chi connectivity index (χ0n) is 32.6. The highest BCUT2D eigenvalue weighted by Crippen LogP contribution is 2.18. The Bertz CT molecular complexity index is 660. The first-order chi connectivity index (χ1) is 23.6. The Morgan fingerprint density at radius 2 is 0.875 bits per heavy atom. The van der Waals surface area contributed by atoms with Crippen molar-refractivity contribution in [2.24, 2.45) is 0 Å². The molecular formula is C42H83NO5. The fraction of sp³-hybridized carbons (Fsp3) is 0.952. The van der Waals surface area contributed by atoms with Crippen molar-refractivity contribution < 1.29 is 24.2 Å². The lowest BCUT2D eigenvalue weighted by Gasteiger charge is -2.21. The molecule has 0 rings (SSSR count). The number of carbonyl (C=O) groups is 2. The first-order valence-corrected chi connectivity index (χ1v) is 21.3. The van der Waals surface area contributed by atoms with Crippen molar-refractivity contribution in [3.63, 3.8) is 0 Å². The summed E-state index contributed by atoms with van der Waals surface area (Å²) in [4.78, 5) is 26.9. The first kappa shape index (κ1) is 46.9. The van der Waals surface area contributed by atoms with E-state index >= 15 is 0 Å². The Morgan fingerprint density at radius 3 is 1.35 bits per heavy atom. The van der Waals surface area contributed by atoms with Crippen LogP contribution in [0.5, 0.6) is 0 Å². The largest absolute Gasteiger partial charge is 0.466 e. The third kappa shape index (κ3) is 34.7.